The highest BCUT2D eigenvalue weighted by Crippen LogP contribution is 2.35. The molecular formula is C21H27N3O. The molecule has 0 bridgehead atoms. The summed E-state index contributed by atoms with van der Waals surface area (Å²) < 4.78 is 0. The van der Waals surface area contributed by atoms with Gasteiger partial charge in [-0.3, -0.25) is 4.79 Å². The van der Waals surface area contributed by atoms with Crippen molar-refractivity contribution in [1.29, 1.82) is 0 Å². The first-order valence-corrected chi connectivity index (χ1v) is 9.36. The van der Waals surface area contributed by atoms with Gasteiger partial charge in [-0.1, -0.05) is 37.6 Å². The van der Waals surface area contributed by atoms with Crippen LogP contribution in [0.1, 0.15) is 61.0 Å². The maximum Gasteiger partial charge on any atom is 0.254 e. The number of aromatic nitrogens is 1. The molecule has 1 aromatic heterocycles. The number of nitrogens with zero attached hydrogens (tertiary/aromatic N) is 2. The van der Waals surface area contributed by atoms with E-state index in [1.54, 1.807) is 0 Å². The zero-order valence-corrected chi connectivity index (χ0v) is 14.9. The molecule has 4 nitrogen and oxygen atoms in total. The fourth-order valence-corrected chi connectivity index (χ4v) is 3.46. The second kappa shape index (κ2) is 8.65. The van der Waals surface area contributed by atoms with E-state index in [1.807, 2.05) is 47.5 Å². The highest BCUT2D eigenvalue weighted by atomic mass is 16.2. The Bertz CT molecular complexity index is 687. The van der Waals surface area contributed by atoms with E-state index >= 15 is 0 Å². The minimum Gasteiger partial charge on any atom is -0.370 e. The summed E-state index contributed by atoms with van der Waals surface area (Å²) in [7, 11) is 0. The molecule has 25 heavy (non-hydrogen) atoms. The van der Waals surface area contributed by atoms with Gasteiger partial charge in [-0.05, 0) is 43.9 Å². The Morgan fingerprint density at radius 1 is 1.20 bits per heavy atom. The van der Waals surface area contributed by atoms with Gasteiger partial charge in [0.05, 0.1) is 6.04 Å². The first-order valence-electron chi connectivity index (χ1n) is 9.36. The molecule has 1 aliphatic heterocycles. The van der Waals surface area contributed by atoms with Gasteiger partial charge in [0, 0.05) is 30.4 Å². The predicted molar refractivity (Wildman–Crippen MR) is 102 cm³/mol. The number of unbranched alkanes of at least 4 members (excludes halogenated alkanes) is 1. The number of anilines is 1. The van der Waals surface area contributed by atoms with Crippen LogP contribution in [0.25, 0.3) is 0 Å². The molecule has 1 N–H and O–H groups in total. The third-order valence-corrected chi connectivity index (χ3v) is 4.81. The minimum absolute atomic E-state index is 0.0966. The topological polar surface area (TPSA) is 45.2 Å². The van der Waals surface area contributed by atoms with Gasteiger partial charge >= 0.3 is 0 Å². The number of piperidine rings is 1. The molecule has 3 rings (SSSR count). The Balaban J connectivity index is 1.85. The van der Waals surface area contributed by atoms with Gasteiger partial charge in [-0.2, -0.15) is 0 Å². The van der Waals surface area contributed by atoms with Crippen LogP contribution in [0, 0.1) is 0 Å². The maximum atomic E-state index is 13.0. The normalized spacial score (nSPS) is 17.3. The van der Waals surface area contributed by atoms with Crippen molar-refractivity contribution in [3.63, 3.8) is 0 Å². The molecule has 0 unspecified atom stereocenters. The number of nitrogens with one attached hydrogen (secondary N) is 1. The molecule has 0 aliphatic carbocycles. The first kappa shape index (κ1) is 17.5. The van der Waals surface area contributed by atoms with Gasteiger partial charge in [0.15, 0.2) is 0 Å². The molecule has 1 fully saturated rings. The molecule has 0 radical (unpaired) electrons. The third kappa shape index (κ3) is 4.19. The first-order chi connectivity index (χ1) is 12.3. The Kier molecular flexibility index (Phi) is 6.04. The van der Waals surface area contributed by atoms with Crippen LogP contribution in [0.15, 0.2) is 48.7 Å². The zero-order chi connectivity index (χ0) is 17.5. The molecule has 1 amide bonds. The number of amides is 1. The van der Waals surface area contributed by atoms with E-state index in [1.165, 1.54) is 0 Å². The molecule has 1 saturated heterocycles. The molecule has 4 heteroatoms. The van der Waals surface area contributed by atoms with Crippen LogP contribution >= 0.6 is 0 Å². The van der Waals surface area contributed by atoms with Gasteiger partial charge in [-0.15, -0.1) is 0 Å². The summed E-state index contributed by atoms with van der Waals surface area (Å²) in [6.45, 7) is 3.91. The van der Waals surface area contributed by atoms with Crippen molar-refractivity contribution < 1.29 is 4.79 Å². The molecule has 1 aliphatic rings. The fourth-order valence-electron chi connectivity index (χ4n) is 3.46. The second-order valence-electron chi connectivity index (χ2n) is 6.60. The minimum atomic E-state index is 0.0966. The Hall–Kier alpha value is -2.36. The lowest BCUT2D eigenvalue weighted by atomic mass is 9.94. The van der Waals surface area contributed by atoms with E-state index in [4.69, 9.17) is 0 Å². The quantitative estimate of drug-likeness (QED) is 0.780. The van der Waals surface area contributed by atoms with Crippen LogP contribution in [0.3, 0.4) is 0 Å². The largest absolute Gasteiger partial charge is 0.370 e. The standard InChI is InChI=1S/C21H27N3O/c1-2-3-14-22-20-18(12-9-15-23-20)19-13-7-8-16-24(19)21(25)17-10-5-4-6-11-17/h4-6,9-12,15,19H,2-3,7-8,13-14,16H2,1H3,(H,22,23)/t19-/m1/s1. The summed E-state index contributed by atoms with van der Waals surface area (Å²) in [4.78, 5) is 19.6. The molecule has 2 aromatic rings. The number of carbonyl (C=O) groups is 1. The number of likely N-dealkylation sites (tertiary alicyclic amines) is 1. The van der Waals surface area contributed by atoms with Crippen molar-refractivity contribution in [3.8, 4) is 0 Å². The number of rotatable bonds is 6. The third-order valence-electron chi connectivity index (χ3n) is 4.81. The maximum absolute atomic E-state index is 13.0. The lowest BCUT2D eigenvalue weighted by Crippen LogP contribution is -2.38. The van der Waals surface area contributed by atoms with Crippen molar-refractivity contribution in [2.75, 3.05) is 18.4 Å². The highest BCUT2D eigenvalue weighted by Gasteiger charge is 2.30. The van der Waals surface area contributed by atoms with Crippen LogP contribution < -0.4 is 5.32 Å². The molecule has 0 spiro atoms. The number of benzene rings is 1. The molecule has 0 saturated carbocycles. The fraction of sp³-hybridized carbons (Fsp3) is 0.429. The Morgan fingerprint density at radius 3 is 2.84 bits per heavy atom. The SMILES string of the molecule is CCCCNc1ncccc1[C@H]1CCCCN1C(=O)c1ccccc1. The van der Waals surface area contributed by atoms with E-state index in [0.29, 0.717) is 0 Å². The van der Waals surface area contributed by atoms with Crippen molar-refractivity contribution >= 4 is 11.7 Å². The molecule has 2 heterocycles. The monoisotopic (exact) mass is 337 g/mol. The second-order valence-corrected chi connectivity index (χ2v) is 6.60. The van der Waals surface area contributed by atoms with Crippen LogP contribution in [0.2, 0.25) is 0 Å². The van der Waals surface area contributed by atoms with Gasteiger partial charge < -0.3 is 10.2 Å². The summed E-state index contributed by atoms with van der Waals surface area (Å²) in [5.74, 6) is 1.04. The van der Waals surface area contributed by atoms with Crippen LogP contribution in [-0.4, -0.2) is 28.9 Å². The van der Waals surface area contributed by atoms with E-state index in [0.717, 1.165) is 62.1 Å². The predicted octanol–water partition coefficient (Wildman–Crippen LogP) is 4.66. The highest BCUT2D eigenvalue weighted by molar-refractivity contribution is 5.94. The lowest BCUT2D eigenvalue weighted by Gasteiger charge is -2.36. The number of carbonyl (C=O) groups excluding carboxylic acids is 1. The molecule has 132 valence electrons. The van der Waals surface area contributed by atoms with Crippen LogP contribution in [-0.2, 0) is 0 Å². The molecule has 1 aromatic carbocycles. The van der Waals surface area contributed by atoms with Crippen molar-refractivity contribution in [3.05, 3.63) is 59.8 Å². The summed E-state index contributed by atoms with van der Waals surface area (Å²) >= 11 is 0. The Morgan fingerprint density at radius 2 is 2.04 bits per heavy atom. The van der Waals surface area contributed by atoms with Crippen molar-refractivity contribution in [1.82, 2.24) is 9.88 Å². The molecular weight excluding hydrogens is 310 g/mol. The van der Waals surface area contributed by atoms with Crippen LogP contribution in [0.5, 0.6) is 0 Å². The van der Waals surface area contributed by atoms with Gasteiger partial charge in [0.2, 0.25) is 0 Å². The Labute approximate surface area is 150 Å². The van der Waals surface area contributed by atoms with Gasteiger partial charge in [0.25, 0.3) is 5.91 Å². The van der Waals surface area contributed by atoms with E-state index in [-0.39, 0.29) is 11.9 Å². The van der Waals surface area contributed by atoms with Crippen LogP contribution in [0.4, 0.5) is 5.82 Å². The summed E-state index contributed by atoms with van der Waals surface area (Å²) in [6.07, 6.45) is 7.29. The van der Waals surface area contributed by atoms with Crippen molar-refractivity contribution in [2.45, 2.75) is 45.1 Å². The smallest absolute Gasteiger partial charge is 0.254 e. The van der Waals surface area contributed by atoms with Gasteiger partial charge in [0.1, 0.15) is 5.82 Å². The average Bonchev–Trinajstić information content (AvgIpc) is 2.69. The summed E-state index contributed by atoms with van der Waals surface area (Å²) in [6, 6.07) is 13.8. The zero-order valence-electron chi connectivity index (χ0n) is 14.9. The molecule has 1 atom stereocenters. The average molecular weight is 337 g/mol. The number of pyridine rings is 1. The number of hydrogen-bond donors (Lipinski definition) is 1. The van der Waals surface area contributed by atoms with Crippen molar-refractivity contribution in [2.24, 2.45) is 0 Å². The van der Waals surface area contributed by atoms with Gasteiger partial charge in [-0.25, -0.2) is 4.98 Å². The summed E-state index contributed by atoms with van der Waals surface area (Å²) in [5, 5.41) is 3.46. The van der Waals surface area contributed by atoms with E-state index < -0.39 is 0 Å². The van der Waals surface area contributed by atoms with E-state index in [2.05, 4.69) is 23.3 Å². The van der Waals surface area contributed by atoms with E-state index in [9.17, 15) is 4.79 Å². The summed E-state index contributed by atoms with van der Waals surface area (Å²) in [5.41, 5.74) is 1.90. The lowest BCUT2D eigenvalue weighted by molar-refractivity contribution is 0.0612. The number of hydrogen-bond acceptors (Lipinski definition) is 3.